The molecule has 2 aromatic rings. The van der Waals surface area contributed by atoms with Gasteiger partial charge in [-0.2, -0.15) is 0 Å². The number of aromatic nitrogens is 1. The Morgan fingerprint density at radius 3 is 2.90 bits per heavy atom. The van der Waals surface area contributed by atoms with E-state index in [0.29, 0.717) is 6.04 Å². The van der Waals surface area contributed by atoms with Crippen molar-refractivity contribution in [3.05, 3.63) is 52.3 Å². The minimum Gasteiger partial charge on any atom is -0.455 e. The minimum absolute atomic E-state index is 0.691. The molecule has 4 heteroatoms. The van der Waals surface area contributed by atoms with Gasteiger partial charge in [0.15, 0.2) is 0 Å². The molecule has 1 saturated carbocycles. The molecule has 1 fully saturated rings. The van der Waals surface area contributed by atoms with Gasteiger partial charge in [-0.05, 0) is 47.8 Å². The Hall–Kier alpha value is -1.39. The molecule has 20 heavy (non-hydrogen) atoms. The number of rotatable bonds is 5. The van der Waals surface area contributed by atoms with E-state index >= 15 is 0 Å². The second-order valence-electron chi connectivity index (χ2n) is 5.21. The van der Waals surface area contributed by atoms with Gasteiger partial charge in [-0.15, -0.1) is 0 Å². The standard InChI is InChI=1S/C16H17BrN2O/c1-11-2-5-16(12(6-11)8-19-14-3-4-14)20-15-7-13(17)9-18-10-15/h2,5-7,9-10,14,19H,3-4,8H2,1H3. The second kappa shape index (κ2) is 5.94. The Labute approximate surface area is 127 Å². The molecule has 1 aliphatic carbocycles. The van der Waals surface area contributed by atoms with E-state index < -0.39 is 0 Å². The smallest absolute Gasteiger partial charge is 0.146 e. The third-order valence-electron chi connectivity index (χ3n) is 3.28. The maximum atomic E-state index is 5.97. The Balaban J connectivity index is 1.79. The lowest BCUT2D eigenvalue weighted by molar-refractivity contribution is 0.469. The lowest BCUT2D eigenvalue weighted by Gasteiger charge is -2.12. The zero-order valence-electron chi connectivity index (χ0n) is 11.4. The molecule has 104 valence electrons. The van der Waals surface area contributed by atoms with Gasteiger partial charge in [0.2, 0.25) is 0 Å². The van der Waals surface area contributed by atoms with Crippen molar-refractivity contribution in [1.82, 2.24) is 10.3 Å². The van der Waals surface area contributed by atoms with Crippen LogP contribution in [0.3, 0.4) is 0 Å². The second-order valence-corrected chi connectivity index (χ2v) is 6.12. The number of aryl methyl sites for hydroxylation is 1. The zero-order valence-corrected chi connectivity index (χ0v) is 13.0. The molecule has 0 unspecified atom stereocenters. The summed E-state index contributed by atoms with van der Waals surface area (Å²) in [5, 5.41) is 3.53. The van der Waals surface area contributed by atoms with Crippen LogP contribution in [-0.4, -0.2) is 11.0 Å². The molecule has 1 aromatic carbocycles. The number of hydrogen-bond acceptors (Lipinski definition) is 3. The highest BCUT2D eigenvalue weighted by molar-refractivity contribution is 9.10. The van der Waals surface area contributed by atoms with E-state index in [2.05, 4.69) is 45.3 Å². The molecule has 1 N–H and O–H groups in total. The number of pyridine rings is 1. The van der Waals surface area contributed by atoms with E-state index in [9.17, 15) is 0 Å². The van der Waals surface area contributed by atoms with Gasteiger partial charge in [0.25, 0.3) is 0 Å². The van der Waals surface area contributed by atoms with Crippen molar-refractivity contribution < 1.29 is 4.74 Å². The molecule has 1 aromatic heterocycles. The van der Waals surface area contributed by atoms with E-state index in [1.165, 1.54) is 24.0 Å². The van der Waals surface area contributed by atoms with Crippen LogP contribution in [0.2, 0.25) is 0 Å². The van der Waals surface area contributed by atoms with Crippen LogP contribution in [0.4, 0.5) is 0 Å². The molecule has 0 amide bonds. The Morgan fingerprint density at radius 2 is 2.15 bits per heavy atom. The first-order chi connectivity index (χ1) is 9.70. The summed E-state index contributed by atoms with van der Waals surface area (Å²) in [4.78, 5) is 4.12. The number of nitrogens with zero attached hydrogens (tertiary/aromatic N) is 1. The van der Waals surface area contributed by atoms with Gasteiger partial charge < -0.3 is 10.1 Å². The summed E-state index contributed by atoms with van der Waals surface area (Å²) in [6.45, 7) is 2.95. The van der Waals surface area contributed by atoms with Crippen LogP contribution >= 0.6 is 15.9 Å². The van der Waals surface area contributed by atoms with Gasteiger partial charge in [-0.1, -0.05) is 17.7 Å². The monoisotopic (exact) mass is 332 g/mol. The van der Waals surface area contributed by atoms with Crippen LogP contribution in [0.1, 0.15) is 24.0 Å². The summed E-state index contributed by atoms with van der Waals surface area (Å²) in [5.74, 6) is 1.64. The minimum atomic E-state index is 0.691. The largest absolute Gasteiger partial charge is 0.455 e. The maximum absolute atomic E-state index is 5.97. The molecule has 0 atom stereocenters. The number of hydrogen-bond donors (Lipinski definition) is 1. The fourth-order valence-electron chi connectivity index (χ4n) is 2.06. The normalized spacial score (nSPS) is 14.3. The van der Waals surface area contributed by atoms with Gasteiger partial charge in [-0.25, -0.2) is 0 Å². The summed E-state index contributed by atoms with van der Waals surface area (Å²) in [6, 6.07) is 8.89. The summed E-state index contributed by atoms with van der Waals surface area (Å²) < 4.78 is 6.88. The maximum Gasteiger partial charge on any atom is 0.146 e. The van der Waals surface area contributed by atoms with Crippen molar-refractivity contribution in [3.63, 3.8) is 0 Å². The van der Waals surface area contributed by atoms with E-state index in [-0.39, 0.29) is 0 Å². The quantitative estimate of drug-likeness (QED) is 0.891. The van der Waals surface area contributed by atoms with E-state index in [1.807, 2.05) is 12.1 Å². The fourth-order valence-corrected chi connectivity index (χ4v) is 2.41. The molecule has 1 heterocycles. The first-order valence-electron chi connectivity index (χ1n) is 6.82. The molecule has 0 aliphatic heterocycles. The summed E-state index contributed by atoms with van der Waals surface area (Å²) in [6.07, 6.45) is 6.05. The van der Waals surface area contributed by atoms with Gasteiger partial charge in [0.05, 0.1) is 6.20 Å². The molecule has 3 nitrogen and oxygen atoms in total. The summed E-state index contributed by atoms with van der Waals surface area (Å²) >= 11 is 3.41. The van der Waals surface area contributed by atoms with Crippen LogP contribution in [0, 0.1) is 6.92 Å². The van der Waals surface area contributed by atoms with Crippen LogP contribution in [-0.2, 0) is 6.54 Å². The van der Waals surface area contributed by atoms with Gasteiger partial charge in [0.1, 0.15) is 11.5 Å². The van der Waals surface area contributed by atoms with E-state index in [4.69, 9.17) is 4.74 Å². The molecule has 0 spiro atoms. The molecular formula is C16H17BrN2O. The average Bonchev–Trinajstić information content (AvgIpc) is 3.23. The summed E-state index contributed by atoms with van der Waals surface area (Å²) in [5.41, 5.74) is 2.44. The number of nitrogens with one attached hydrogen (secondary N) is 1. The van der Waals surface area contributed by atoms with Crippen molar-refractivity contribution in [2.24, 2.45) is 0 Å². The van der Waals surface area contributed by atoms with Crippen LogP contribution in [0.15, 0.2) is 41.1 Å². The molecule has 1 aliphatic rings. The van der Waals surface area contributed by atoms with Crippen LogP contribution < -0.4 is 10.1 Å². The van der Waals surface area contributed by atoms with Crippen LogP contribution in [0.25, 0.3) is 0 Å². The zero-order chi connectivity index (χ0) is 13.9. The van der Waals surface area contributed by atoms with Crippen molar-refractivity contribution in [1.29, 1.82) is 0 Å². The predicted octanol–water partition coefficient (Wildman–Crippen LogP) is 4.20. The van der Waals surface area contributed by atoms with E-state index in [1.54, 1.807) is 12.4 Å². The Kier molecular flexibility index (Phi) is 4.03. The van der Waals surface area contributed by atoms with Gasteiger partial charge in [0, 0.05) is 28.8 Å². The number of benzene rings is 1. The molecular weight excluding hydrogens is 316 g/mol. The van der Waals surface area contributed by atoms with Crippen molar-refractivity contribution >= 4 is 15.9 Å². The van der Waals surface area contributed by atoms with Crippen molar-refractivity contribution in [2.45, 2.75) is 32.4 Å². The van der Waals surface area contributed by atoms with Gasteiger partial charge in [-0.3, -0.25) is 4.98 Å². The number of ether oxygens (including phenoxy) is 1. The molecule has 0 saturated heterocycles. The Bertz CT molecular complexity index is 611. The first kappa shape index (κ1) is 13.6. The third-order valence-corrected chi connectivity index (χ3v) is 3.72. The molecule has 3 rings (SSSR count). The topological polar surface area (TPSA) is 34.1 Å². The number of halogens is 1. The van der Waals surface area contributed by atoms with Crippen molar-refractivity contribution in [3.8, 4) is 11.5 Å². The van der Waals surface area contributed by atoms with E-state index in [0.717, 1.165) is 22.5 Å². The van der Waals surface area contributed by atoms with Crippen molar-refractivity contribution in [2.75, 3.05) is 0 Å². The molecule has 0 bridgehead atoms. The highest BCUT2D eigenvalue weighted by Crippen LogP contribution is 2.28. The van der Waals surface area contributed by atoms with Gasteiger partial charge >= 0.3 is 0 Å². The predicted molar refractivity (Wildman–Crippen MR) is 83.1 cm³/mol. The SMILES string of the molecule is Cc1ccc(Oc2cncc(Br)c2)c(CNC2CC2)c1. The highest BCUT2D eigenvalue weighted by atomic mass is 79.9. The Morgan fingerprint density at radius 1 is 1.30 bits per heavy atom. The van der Waals surface area contributed by atoms with Crippen LogP contribution in [0.5, 0.6) is 11.5 Å². The average molecular weight is 333 g/mol. The third kappa shape index (κ3) is 3.58. The first-order valence-corrected chi connectivity index (χ1v) is 7.61. The summed E-state index contributed by atoms with van der Waals surface area (Å²) in [7, 11) is 0. The highest BCUT2D eigenvalue weighted by Gasteiger charge is 2.20. The lowest BCUT2D eigenvalue weighted by Crippen LogP contribution is -2.15. The molecule has 0 radical (unpaired) electrons. The lowest BCUT2D eigenvalue weighted by atomic mass is 10.1. The fraction of sp³-hybridized carbons (Fsp3) is 0.312.